The zero-order chi connectivity index (χ0) is 19.9. The number of carbonyl (C=O) groups excluding carboxylic acids is 1. The highest BCUT2D eigenvalue weighted by atomic mass is 35.5. The van der Waals surface area contributed by atoms with Gasteiger partial charge < -0.3 is 5.32 Å². The first-order chi connectivity index (χ1) is 13.6. The van der Waals surface area contributed by atoms with Gasteiger partial charge in [0.25, 0.3) is 0 Å². The van der Waals surface area contributed by atoms with E-state index in [4.69, 9.17) is 23.2 Å². The van der Waals surface area contributed by atoms with Crippen molar-refractivity contribution in [2.24, 2.45) is 0 Å². The Morgan fingerprint density at radius 2 is 1.96 bits per heavy atom. The largest absolute Gasteiger partial charge is 0.306 e. The van der Waals surface area contributed by atoms with Gasteiger partial charge in [-0.3, -0.25) is 9.89 Å². The van der Waals surface area contributed by atoms with Crippen molar-refractivity contribution < 1.29 is 4.79 Å². The maximum Gasteiger partial charge on any atom is 0.249 e. The third kappa shape index (κ3) is 5.17. The third-order valence-electron chi connectivity index (χ3n) is 3.71. The summed E-state index contributed by atoms with van der Waals surface area (Å²) in [7, 11) is 0. The Morgan fingerprint density at radius 3 is 2.68 bits per heavy atom. The molecule has 0 spiro atoms. The molecule has 0 bridgehead atoms. The number of nitrogens with zero attached hydrogens (tertiary/aromatic N) is 2. The molecule has 3 rings (SSSR count). The number of H-pyrrole nitrogens is 1. The van der Waals surface area contributed by atoms with Gasteiger partial charge in [-0.2, -0.15) is 10.4 Å². The molecule has 0 radical (unpaired) electrons. The molecule has 5 nitrogen and oxygen atoms in total. The molecule has 140 valence electrons. The van der Waals surface area contributed by atoms with Crippen molar-refractivity contribution in [1.29, 1.82) is 5.26 Å². The fourth-order valence-corrected chi connectivity index (χ4v) is 3.65. The molecule has 8 heteroatoms. The zero-order valence-corrected chi connectivity index (χ0v) is 16.8. The van der Waals surface area contributed by atoms with Crippen molar-refractivity contribution in [2.45, 2.75) is 10.8 Å². The Bertz CT molecular complexity index is 1050. The number of benzene rings is 2. The summed E-state index contributed by atoms with van der Waals surface area (Å²) in [5.41, 5.74) is 2.06. The number of rotatable bonds is 6. The molecule has 0 unspecified atom stereocenters. The minimum atomic E-state index is -0.377. The van der Waals surface area contributed by atoms with Crippen LogP contribution in [0.3, 0.4) is 0 Å². The van der Waals surface area contributed by atoms with Crippen LogP contribution in [0.25, 0.3) is 6.08 Å². The van der Waals surface area contributed by atoms with E-state index < -0.39 is 0 Å². The monoisotopic (exact) mass is 428 g/mol. The van der Waals surface area contributed by atoms with E-state index >= 15 is 0 Å². The number of aromatic amines is 1. The number of thioether (sulfide) groups is 1. The maximum absolute atomic E-state index is 12.1. The Balaban J connectivity index is 1.66. The summed E-state index contributed by atoms with van der Waals surface area (Å²) in [5, 5.41) is 20.7. The molecule has 2 N–H and O–H groups in total. The minimum Gasteiger partial charge on any atom is -0.306 e. The summed E-state index contributed by atoms with van der Waals surface area (Å²) in [6, 6.07) is 16.6. The average Bonchev–Trinajstić information content (AvgIpc) is 3.08. The van der Waals surface area contributed by atoms with Crippen LogP contribution in [0.2, 0.25) is 10.0 Å². The SMILES string of the molecule is N#Cc1c(SCc2ccccc2Cl)n[nH]c1NC(=O)C=Cc1ccc(Cl)cc1. The van der Waals surface area contributed by atoms with Gasteiger partial charge in [0, 0.05) is 21.9 Å². The number of amides is 1. The molecule has 0 aliphatic heterocycles. The predicted octanol–water partition coefficient (Wildman–Crippen LogP) is 5.53. The number of aromatic nitrogens is 2. The van der Waals surface area contributed by atoms with Gasteiger partial charge in [-0.15, -0.1) is 0 Å². The molecule has 0 saturated heterocycles. The first kappa shape index (κ1) is 20.0. The normalized spacial score (nSPS) is 10.8. The van der Waals surface area contributed by atoms with Gasteiger partial charge in [-0.25, -0.2) is 0 Å². The molecular formula is C20H14Cl2N4OS. The summed E-state index contributed by atoms with van der Waals surface area (Å²) in [6.45, 7) is 0. The highest BCUT2D eigenvalue weighted by Gasteiger charge is 2.15. The predicted molar refractivity (Wildman–Crippen MR) is 113 cm³/mol. The topological polar surface area (TPSA) is 81.6 Å². The van der Waals surface area contributed by atoms with Crippen LogP contribution in [-0.2, 0) is 10.5 Å². The Kier molecular flexibility index (Phi) is 6.77. The van der Waals surface area contributed by atoms with E-state index in [0.717, 1.165) is 11.1 Å². The van der Waals surface area contributed by atoms with Crippen molar-refractivity contribution in [1.82, 2.24) is 10.2 Å². The number of hydrogen-bond donors (Lipinski definition) is 2. The van der Waals surface area contributed by atoms with E-state index in [0.29, 0.717) is 20.8 Å². The molecule has 1 amide bonds. The summed E-state index contributed by atoms with van der Waals surface area (Å²) < 4.78 is 0. The summed E-state index contributed by atoms with van der Waals surface area (Å²) in [4.78, 5) is 12.1. The van der Waals surface area contributed by atoms with Crippen LogP contribution >= 0.6 is 35.0 Å². The minimum absolute atomic E-state index is 0.259. The highest BCUT2D eigenvalue weighted by Crippen LogP contribution is 2.30. The van der Waals surface area contributed by atoms with Crippen LogP contribution in [-0.4, -0.2) is 16.1 Å². The van der Waals surface area contributed by atoms with Crippen LogP contribution in [0.5, 0.6) is 0 Å². The van der Waals surface area contributed by atoms with Gasteiger partial charge in [-0.05, 0) is 35.4 Å². The van der Waals surface area contributed by atoms with Gasteiger partial charge in [-0.1, -0.05) is 65.3 Å². The van der Waals surface area contributed by atoms with E-state index in [9.17, 15) is 10.1 Å². The lowest BCUT2D eigenvalue weighted by Crippen LogP contribution is -2.09. The van der Waals surface area contributed by atoms with Gasteiger partial charge >= 0.3 is 0 Å². The lowest BCUT2D eigenvalue weighted by Gasteiger charge is -2.02. The standard InChI is InChI=1S/C20H14Cl2N4OS/c21-15-8-5-13(6-9-15)7-10-18(27)24-19-16(11-23)20(26-25-19)28-12-14-3-1-2-4-17(14)22/h1-10H,12H2,(H2,24,25,26,27). The summed E-state index contributed by atoms with van der Waals surface area (Å²) >= 11 is 13.4. The number of carbonyl (C=O) groups is 1. The maximum atomic E-state index is 12.1. The molecule has 28 heavy (non-hydrogen) atoms. The van der Waals surface area contributed by atoms with Crippen LogP contribution in [0.4, 0.5) is 5.82 Å². The number of nitrogens with one attached hydrogen (secondary N) is 2. The second kappa shape index (κ2) is 9.47. The smallest absolute Gasteiger partial charge is 0.249 e. The molecule has 0 saturated carbocycles. The van der Waals surface area contributed by atoms with Gasteiger partial charge in [0.2, 0.25) is 5.91 Å². The van der Waals surface area contributed by atoms with Crippen molar-refractivity contribution >= 4 is 52.8 Å². The van der Waals surface area contributed by atoms with E-state index in [-0.39, 0.29) is 17.3 Å². The van der Waals surface area contributed by atoms with Crippen LogP contribution in [0.15, 0.2) is 59.6 Å². The number of nitriles is 1. The van der Waals surface area contributed by atoms with E-state index in [2.05, 4.69) is 21.6 Å². The van der Waals surface area contributed by atoms with Crippen LogP contribution in [0, 0.1) is 11.3 Å². The lowest BCUT2D eigenvalue weighted by atomic mass is 10.2. The zero-order valence-electron chi connectivity index (χ0n) is 14.4. The molecule has 1 aromatic heterocycles. The van der Waals surface area contributed by atoms with Crippen molar-refractivity contribution in [3.63, 3.8) is 0 Å². The van der Waals surface area contributed by atoms with E-state index in [1.807, 2.05) is 24.3 Å². The van der Waals surface area contributed by atoms with Gasteiger partial charge in [0.15, 0.2) is 0 Å². The molecule has 2 aromatic carbocycles. The van der Waals surface area contributed by atoms with Crippen molar-refractivity contribution in [3.05, 3.63) is 81.3 Å². The third-order valence-corrected chi connectivity index (χ3v) is 5.36. The molecule has 1 heterocycles. The van der Waals surface area contributed by atoms with Crippen molar-refractivity contribution in [3.8, 4) is 6.07 Å². The lowest BCUT2D eigenvalue weighted by molar-refractivity contribution is -0.111. The van der Waals surface area contributed by atoms with Gasteiger partial charge in [0.1, 0.15) is 22.5 Å². The van der Waals surface area contributed by atoms with E-state index in [1.165, 1.54) is 17.8 Å². The van der Waals surface area contributed by atoms with Crippen molar-refractivity contribution in [2.75, 3.05) is 5.32 Å². The quantitative estimate of drug-likeness (QED) is 0.399. The molecule has 0 atom stereocenters. The van der Waals surface area contributed by atoms with E-state index in [1.54, 1.807) is 30.3 Å². The highest BCUT2D eigenvalue weighted by molar-refractivity contribution is 7.98. The number of anilines is 1. The fraction of sp³-hybridized carbons (Fsp3) is 0.0500. The first-order valence-electron chi connectivity index (χ1n) is 8.16. The second-order valence-electron chi connectivity index (χ2n) is 5.64. The number of hydrogen-bond acceptors (Lipinski definition) is 4. The molecule has 3 aromatic rings. The van der Waals surface area contributed by atoms with Crippen LogP contribution < -0.4 is 5.32 Å². The fourth-order valence-electron chi connectivity index (χ4n) is 2.30. The summed E-state index contributed by atoms with van der Waals surface area (Å²) in [6.07, 6.45) is 3.03. The van der Waals surface area contributed by atoms with Gasteiger partial charge in [0.05, 0.1) is 0 Å². The number of halogens is 2. The average molecular weight is 429 g/mol. The first-order valence-corrected chi connectivity index (χ1v) is 9.90. The molecule has 0 fully saturated rings. The molecule has 0 aliphatic carbocycles. The molecule has 0 aliphatic rings. The Labute approximate surface area is 176 Å². The summed E-state index contributed by atoms with van der Waals surface area (Å²) in [5.74, 6) is 0.441. The molecular weight excluding hydrogens is 415 g/mol. The second-order valence-corrected chi connectivity index (χ2v) is 7.45. The Morgan fingerprint density at radius 1 is 1.21 bits per heavy atom. The van der Waals surface area contributed by atoms with Crippen LogP contribution in [0.1, 0.15) is 16.7 Å². The Hall–Kier alpha value is -2.72.